The van der Waals surface area contributed by atoms with Crippen LogP contribution in [0.4, 0.5) is 5.82 Å². The number of aryl methyl sites for hydroxylation is 1. The molecule has 0 saturated carbocycles. The number of hydrogen-bond donors (Lipinski definition) is 2. The monoisotopic (exact) mass is 279 g/mol. The molecule has 1 atom stereocenters. The normalized spacial score (nSPS) is 11.2. The van der Waals surface area contributed by atoms with E-state index < -0.39 is 6.04 Å². The second-order valence-corrected chi connectivity index (χ2v) is 4.81. The number of rotatable bonds is 2. The van der Waals surface area contributed by atoms with Gasteiger partial charge in [-0.3, -0.25) is 4.79 Å². The molecule has 1 heterocycles. The van der Waals surface area contributed by atoms with E-state index in [1.54, 1.807) is 25.1 Å². The van der Waals surface area contributed by atoms with Crippen molar-refractivity contribution in [1.29, 1.82) is 0 Å². The first kappa shape index (κ1) is 14.8. The SMILES string of the molecule is Cc1cccc(C#Cc2cccc(NC(=O)C(C)N)n2)c1. The predicted octanol–water partition coefficient (Wildman–Crippen LogP) is 2.08. The highest BCUT2D eigenvalue weighted by molar-refractivity contribution is 5.93. The lowest BCUT2D eigenvalue weighted by Crippen LogP contribution is -2.32. The van der Waals surface area contributed by atoms with E-state index in [9.17, 15) is 4.79 Å². The Morgan fingerprint density at radius 3 is 2.71 bits per heavy atom. The molecule has 1 aromatic heterocycles. The van der Waals surface area contributed by atoms with E-state index in [-0.39, 0.29) is 5.91 Å². The van der Waals surface area contributed by atoms with Gasteiger partial charge in [0.1, 0.15) is 11.5 Å². The van der Waals surface area contributed by atoms with Gasteiger partial charge in [-0.05, 0) is 49.6 Å². The number of carbonyl (C=O) groups is 1. The molecule has 0 fully saturated rings. The molecule has 0 radical (unpaired) electrons. The number of aromatic nitrogens is 1. The number of pyridine rings is 1. The Balaban J connectivity index is 2.17. The number of hydrogen-bond acceptors (Lipinski definition) is 3. The highest BCUT2D eigenvalue weighted by Gasteiger charge is 2.07. The van der Waals surface area contributed by atoms with E-state index in [0.717, 1.165) is 11.1 Å². The van der Waals surface area contributed by atoms with Crippen LogP contribution in [0.5, 0.6) is 0 Å². The van der Waals surface area contributed by atoms with Crippen LogP contribution >= 0.6 is 0 Å². The summed E-state index contributed by atoms with van der Waals surface area (Å²) < 4.78 is 0. The first-order valence-corrected chi connectivity index (χ1v) is 6.67. The molecule has 3 N–H and O–H groups in total. The summed E-state index contributed by atoms with van der Waals surface area (Å²) in [7, 11) is 0. The molecule has 0 spiro atoms. The van der Waals surface area contributed by atoms with Gasteiger partial charge in [0.2, 0.25) is 5.91 Å². The molecule has 0 saturated heterocycles. The van der Waals surface area contributed by atoms with Crippen LogP contribution in [0.3, 0.4) is 0 Å². The maximum Gasteiger partial charge on any atom is 0.242 e. The van der Waals surface area contributed by atoms with Gasteiger partial charge in [-0.15, -0.1) is 0 Å². The maximum atomic E-state index is 11.5. The summed E-state index contributed by atoms with van der Waals surface area (Å²) >= 11 is 0. The maximum absolute atomic E-state index is 11.5. The summed E-state index contributed by atoms with van der Waals surface area (Å²) in [6.07, 6.45) is 0. The smallest absolute Gasteiger partial charge is 0.242 e. The topological polar surface area (TPSA) is 68.0 Å². The zero-order chi connectivity index (χ0) is 15.2. The zero-order valence-corrected chi connectivity index (χ0v) is 12.1. The molecule has 106 valence electrons. The lowest BCUT2D eigenvalue weighted by molar-refractivity contribution is -0.117. The Morgan fingerprint density at radius 1 is 1.24 bits per heavy atom. The highest BCUT2D eigenvalue weighted by Crippen LogP contribution is 2.06. The van der Waals surface area contributed by atoms with Crippen LogP contribution in [-0.4, -0.2) is 16.9 Å². The molecule has 2 aromatic rings. The molecule has 1 unspecified atom stereocenters. The lowest BCUT2D eigenvalue weighted by atomic mass is 10.1. The third-order valence-corrected chi connectivity index (χ3v) is 2.77. The van der Waals surface area contributed by atoms with Crippen LogP contribution in [0.2, 0.25) is 0 Å². The second kappa shape index (κ2) is 6.69. The van der Waals surface area contributed by atoms with Crippen LogP contribution in [0.15, 0.2) is 42.5 Å². The highest BCUT2D eigenvalue weighted by atomic mass is 16.2. The number of carbonyl (C=O) groups excluding carboxylic acids is 1. The van der Waals surface area contributed by atoms with Crippen molar-refractivity contribution < 1.29 is 4.79 Å². The van der Waals surface area contributed by atoms with Gasteiger partial charge in [-0.2, -0.15) is 0 Å². The molecule has 0 aliphatic rings. The van der Waals surface area contributed by atoms with Gasteiger partial charge < -0.3 is 11.1 Å². The molecule has 4 nitrogen and oxygen atoms in total. The number of benzene rings is 1. The molecular formula is C17H17N3O. The lowest BCUT2D eigenvalue weighted by Gasteiger charge is -2.06. The van der Waals surface area contributed by atoms with Gasteiger partial charge in [0.25, 0.3) is 0 Å². The molecule has 1 amide bonds. The number of nitrogens with one attached hydrogen (secondary N) is 1. The van der Waals surface area contributed by atoms with Crippen molar-refractivity contribution in [2.75, 3.05) is 5.32 Å². The van der Waals surface area contributed by atoms with Gasteiger partial charge in [-0.1, -0.05) is 24.1 Å². The Kier molecular flexibility index (Phi) is 4.70. The molecule has 0 aliphatic carbocycles. The minimum absolute atomic E-state index is 0.272. The third kappa shape index (κ3) is 4.44. The zero-order valence-electron chi connectivity index (χ0n) is 12.1. The van der Waals surface area contributed by atoms with Crippen molar-refractivity contribution in [2.24, 2.45) is 5.73 Å². The van der Waals surface area contributed by atoms with Crippen molar-refractivity contribution >= 4 is 11.7 Å². The fourth-order valence-corrected chi connectivity index (χ4v) is 1.67. The minimum atomic E-state index is -0.575. The van der Waals surface area contributed by atoms with E-state index in [1.165, 1.54) is 0 Å². The first-order chi connectivity index (χ1) is 10.0. The molecule has 1 aromatic carbocycles. The average Bonchev–Trinajstić information content (AvgIpc) is 2.45. The summed E-state index contributed by atoms with van der Waals surface area (Å²) in [4.78, 5) is 15.8. The summed E-state index contributed by atoms with van der Waals surface area (Å²) in [6, 6.07) is 12.7. The van der Waals surface area contributed by atoms with Gasteiger partial charge >= 0.3 is 0 Å². The van der Waals surface area contributed by atoms with Crippen molar-refractivity contribution in [3.05, 3.63) is 59.3 Å². The number of nitrogens with two attached hydrogens (primary N) is 1. The summed E-state index contributed by atoms with van der Waals surface area (Å²) in [6.45, 7) is 3.64. The largest absolute Gasteiger partial charge is 0.320 e. The quantitative estimate of drug-likeness (QED) is 0.827. The third-order valence-electron chi connectivity index (χ3n) is 2.77. The molecular weight excluding hydrogens is 262 g/mol. The van der Waals surface area contributed by atoms with Crippen LogP contribution in [0.25, 0.3) is 0 Å². The second-order valence-electron chi connectivity index (χ2n) is 4.81. The number of amides is 1. The van der Waals surface area contributed by atoms with Gasteiger partial charge in [0, 0.05) is 5.56 Å². The van der Waals surface area contributed by atoms with E-state index in [2.05, 4.69) is 22.1 Å². The predicted molar refractivity (Wildman–Crippen MR) is 83.7 cm³/mol. The fraction of sp³-hybridized carbons (Fsp3) is 0.176. The van der Waals surface area contributed by atoms with Crippen LogP contribution in [0, 0.1) is 18.8 Å². The Bertz CT molecular complexity index is 711. The van der Waals surface area contributed by atoms with Gasteiger partial charge in [0.05, 0.1) is 6.04 Å². The van der Waals surface area contributed by atoms with E-state index >= 15 is 0 Å². The summed E-state index contributed by atoms with van der Waals surface area (Å²) in [5, 5.41) is 2.65. The van der Waals surface area contributed by atoms with Crippen molar-refractivity contribution in [3.8, 4) is 11.8 Å². The summed E-state index contributed by atoms with van der Waals surface area (Å²) in [5.41, 5.74) is 8.19. The van der Waals surface area contributed by atoms with Gasteiger partial charge in [0.15, 0.2) is 0 Å². The van der Waals surface area contributed by atoms with Crippen molar-refractivity contribution in [1.82, 2.24) is 4.98 Å². The van der Waals surface area contributed by atoms with Crippen LogP contribution in [0.1, 0.15) is 23.7 Å². The molecule has 4 heteroatoms. The number of nitrogens with zero attached hydrogens (tertiary/aromatic N) is 1. The number of anilines is 1. The first-order valence-electron chi connectivity index (χ1n) is 6.67. The summed E-state index contributed by atoms with van der Waals surface area (Å²) in [5.74, 6) is 6.22. The average molecular weight is 279 g/mol. The van der Waals surface area contributed by atoms with Crippen LogP contribution in [-0.2, 0) is 4.79 Å². The minimum Gasteiger partial charge on any atom is -0.320 e. The molecule has 21 heavy (non-hydrogen) atoms. The standard InChI is InChI=1S/C17H17N3O/c1-12-5-3-6-14(11-12)9-10-15-7-4-8-16(19-15)20-17(21)13(2)18/h3-8,11,13H,18H2,1-2H3,(H,19,20,21). The fourth-order valence-electron chi connectivity index (χ4n) is 1.67. The van der Waals surface area contributed by atoms with E-state index in [1.807, 2.05) is 31.2 Å². The molecule has 0 bridgehead atoms. The molecule has 0 aliphatic heterocycles. The van der Waals surface area contributed by atoms with E-state index in [0.29, 0.717) is 11.5 Å². The Hall–Kier alpha value is -2.64. The van der Waals surface area contributed by atoms with Crippen LogP contribution < -0.4 is 11.1 Å². The van der Waals surface area contributed by atoms with Gasteiger partial charge in [-0.25, -0.2) is 4.98 Å². The molecule has 2 rings (SSSR count). The van der Waals surface area contributed by atoms with Crippen molar-refractivity contribution in [3.63, 3.8) is 0 Å². The van der Waals surface area contributed by atoms with Crippen molar-refractivity contribution in [2.45, 2.75) is 19.9 Å². The Labute approximate surface area is 124 Å². The van der Waals surface area contributed by atoms with E-state index in [4.69, 9.17) is 5.73 Å². The Morgan fingerprint density at radius 2 is 2.00 bits per heavy atom.